The fourth-order valence-electron chi connectivity index (χ4n) is 6.38. The summed E-state index contributed by atoms with van der Waals surface area (Å²) in [7, 11) is 3.95. The van der Waals surface area contributed by atoms with Crippen LogP contribution in [0.2, 0.25) is 0 Å². The zero-order valence-electron chi connectivity index (χ0n) is 24.0. The Hall–Kier alpha value is -5.50. The molecule has 208 valence electrons. The van der Waals surface area contributed by atoms with E-state index in [1.54, 1.807) is 0 Å². The lowest BCUT2D eigenvalue weighted by Crippen LogP contribution is -2.07. The second kappa shape index (κ2) is 9.52. The van der Waals surface area contributed by atoms with Crippen molar-refractivity contribution < 1.29 is 0 Å². The van der Waals surface area contributed by atoms with Crippen LogP contribution in [0.4, 0.5) is 0 Å². The fraction of sp³-hybridized carbons (Fsp3) is 0.143. The van der Waals surface area contributed by atoms with E-state index in [1.165, 1.54) is 0 Å². The Morgan fingerprint density at radius 2 is 0.907 bits per heavy atom. The molecule has 3 aromatic carbocycles. The number of nitrogens with one attached hydrogen (secondary N) is 1. The highest BCUT2D eigenvalue weighted by Gasteiger charge is 2.32. The van der Waals surface area contributed by atoms with Gasteiger partial charge in [-0.15, -0.1) is 0 Å². The first kappa shape index (κ1) is 25.2. The third-order valence-electron chi connectivity index (χ3n) is 8.55. The Bertz CT molecular complexity index is 2430. The molecule has 3 aromatic heterocycles. The molecule has 8 nitrogen and oxygen atoms in total. The first-order valence-electron chi connectivity index (χ1n) is 14.3. The number of aromatic nitrogens is 7. The zero-order valence-corrected chi connectivity index (χ0v) is 24.0. The predicted octanol–water partition coefficient (Wildman–Crippen LogP) is 6.45. The molecule has 0 amide bonds. The van der Waals surface area contributed by atoms with Crippen molar-refractivity contribution in [2.45, 2.75) is 18.8 Å². The highest BCUT2D eigenvalue weighted by molar-refractivity contribution is 6.06. The Morgan fingerprint density at radius 3 is 1.40 bits per heavy atom. The van der Waals surface area contributed by atoms with Crippen molar-refractivity contribution in [1.82, 2.24) is 34.1 Å². The fourth-order valence-corrected chi connectivity index (χ4v) is 6.38. The van der Waals surface area contributed by atoms with Gasteiger partial charge in [-0.1, -0.05) is 97.1 Å². The first-order valence-corrected chi connectivity index (χ1v) is 14.3. The van der Waals surface area contributed by atoms with Crippen molar-refractivity contribution in [3.05, 3.63) is 120 Å². The van der Waals surface area contributed by atoms with Crippen LogP contribution in [0.5, 0.6) is 0 Å². The van der Waals surface area contributed by atoms with Crippen molar-refractivity contribution in [3.8, 4) is 0 Å². The molecule has 0 fully saturated rings. The monoisotopic (exact) mass is 560 g/mol. The van der Waals surface area contributed by atoms with Crippen LogP contribution in [-0.4, -0.2) is 34.1 Å². The topological polar surface area (TPSA) is 98.2 Å². The van der Waals surface area contributed by atoms with Crippen molar-refractivity contribution >= 4 is 54.9 Å². The number of benzene rings is 3. The third kappa shape index (κ3) is 3.83. The molecule has 0 saturated carbocycles. The van der Waals surface area contributed by atoms with E-state index < -0.39 is 0 Å². The van der Waals surface area contributed by atoms with E-state index in [1.807, 2.05) is 84.8 Å². The summed E-state index contributed by atoms with van der Waals surface area (Å²) in [6, 6.07) is 24.1. The molecule has 1 aliphatic heterocycles. The van der Waals surface area contributed by atoms with Gasteiger partial charge in [0.05, 0.1) is 11.8 Å². The summed E-state index contributed by atoms with van der Waals surface area (Å²) in [5.41, 5.74) is 3.99. The molecule has 4 heterocycles. The highest BCUT2D eigenvalue weighted by atomic mass is 15.1. The van der Waals surface area contributed by atoms with E-state index >= 15 is 0 Å². The molecule has 6 aromatic rings. The van der Waals surface area contributed by atoms with Crippen LogP contribution >= 0.6 is 0 Å². The van der Waals surface area contributed by atoms with E-state index in [4.69, 9.17) is 30.3 Å². The maximum absolute atomic E-state index is 9.16. The smallest absolute Gasteiger partial charge is 0.154 e. The van der Waals surface area contributed by atoms with E-state index in [-0.39, 0.29) is 17.3 Å². The van der Waals surface area contributed by atoms with Gasteiger partial charge in [0, 0.05) is 52.1 Å². The van der Waals surface area contributed by atoms with E-state index in [9.17, 15) is 0 Å². The molecule has 1 N–H and O–H groups in total. The molecule has 1 aliphatic carbocycles. The molecule has 8 rings (SSSR count). The number of rotatable bonds is 0. The normalized spacial score (nSPS) is 16.6. The van der Waals surface area contributed by atoms with Crippen LogP contribution in [0.3, 0.4) is 0 Å². The van der Waals surface area contributed by atoms with E-state index in [0.717, 1.165) is 55.4 Å². The van der Waals surface area contributed by atoms with Gasteiger partial charge >= 0.3 is 0 Å². The molecule has 0 spiro atoms. The predicted molar refractivity (Wildman–Crippen MR) is 170 cm³/mol. The molecule has 6 bridgehead atoms. The second-order valence-electron chi connectivity index (χ2n) is 11.1. The molecule has 0 radical (unpaired) electrons. The summed E-state index contributed by atoms with van der Waals surface area (Å²) in [5.74, 6) is 1.37. The summed E-state index contributed by atoms with van der Waals surface area (Å²) in [6.07, 6.45) is 8.42. The summed E-state index contributed by atoms with van der Waals surface area (Å²) in [4.78, 5) is 25.5. The minimum absolute atomic E-state index is 0.0271. The van der Waals surface area contributed by atoms with Crippen LogP contribution in [0.1, 0.15) is 29.2 Å². The van der Waals surface area contributed by atoms with Crippen LogP contribution in [-0.2, 0) is 14.1 Å². The van der Waals surface area contributed by atoms with Gasteiger partial charge < -0.3 is 9.13 Å². The molecule has 2 aliphatic rings. The van der Waals surface area contributed by atoms with Gasteiger partial charge in [-0.2, -0.15) is 0 Å². The number of hydrogen-bond donors (Lipinski definition) is 1. The van der Waals surface area contributed by atoms with E-state index in [2.05, 4.69) is 42.5 Å². The molecule has 43 heavy (non-hydrogen) atoms. The minimum atomic E-state index is -0.0341. The largest absolute Gasteiger partial charge is 0.313 e. The number of nitrogens with zero attached hydrogens (tertiary/aromatic N) is 7. The third-order valence-corrected chi connectivity index (χ3v) is 8.55. The van der Waals surface area contributed by atoms with Gasteiger partial charge in [0.25, 0.3) is 0 Å². The van der Waals surface area contributed by atoms with Gasteiger partial charge in [-0.25, -0.2) is 24.9 Å². The van der Waals surface area contributed by atoms with Gasteiger partial charge in [0.15, 0.2) is 5.49 Å². The zero-order chi connectivity index (χ0) is 29.2. The Kier molecular flexibility index (Phi) is 5.59. The Morgan fingerprint density at radius 1 is 0.512 bits per heavy atom. The molecule has 0 saturated heterocycles. The lowest BCUT2D eigenvalue weighted by atomic mass is 9.90. The van der Waals surface area contributed by atoms with Crippen molar-refractivity contribution in [2.24, 2.45) is 14.1 Å². The lowest BCUT2D eigenvalue weighted by Gasteiger charge is -2.13. The maximum atomic E-state index is 9.16. The lowest BCUT2D eigenvalue weighted by molar-refractivity contribution is 0.733. The average Bonchev–Trinajstić information content (AvgIpc) is 3.61. The molecular formula is C35H28N8. The highest BCUT2D eigenvalue weighted by Crippen LogP contribution is 2.39. The number of aryl methyl sites for hydroxylation is 3. The van der Waals surface area contributed by atoms with Crippen molar-refractivity contribution in [2.75, 3.05) is 0 Å². The summed E-state index contributed by atoms with van der Waals surface area (Å²) in [6.45, 7) is 1.99. The first-order chi connectivity index (χ1) is 21.0. The second-order valence-corrected chi connectivity index (χ2v) is 11.1. The summed E-state index contributed by atoms with van der Waals surface area (Å²) < 4.78 is 4.00. The van der Waals surface area contributed by atoms with E-state index in [0.29, 0.717) is 16.9 Å². The van der Waals surface area contributed by atoms with Crippen LogP contribution in [0.15, 0.2) is 97.1 Å². The standard InChI is InChI=1S/C35H28N8/c1-20-21-12-4-5-13-22(21)29(36)38-33-26-17-9-11-19-28(26)35(43(33)3)41-31-24-15-7-6-14-23(24)30(39-31)40-34-27-18-10-8-16-25(27)32(37-20)42(34)2/h4-19,23-24,36H,1-3H3. The van der Waals surface area contributed by atoms with Gasteiger partial charge in [-0.3, -0.25) is 5.41 Å². The summed E-state index contributed by atoms with van der Waals surface area (Å²) in [5, 5.41) is 14.6. The van der Waals surface area contributed by atoms with Crippen LogP contribution < -0.4 is 5.49 Å². The van der Waals surface area contributed by atoms with Crippen molar-refractivity contribution in [1.29, 1.82) is 5.41 Å². The number of allylic oxidation sites excluding steroid dienone is 4. The molecule has 2 atom stereocenters. The minimum Gasteiger partial charge on any atom is -0.313 e. The molecule has 8 heteroatoms. The van der Waals surface area contributed by atoms with Crippen LogP contribution in [0, 0.1) is 12.3 Å². The van der Waals surface area contributed by atoms with Crippen LogP contribution in [0.25, 0.3) is 54.9 Å². The Labute approximate surface area is 246 Å². The molecular weight excluding hydrogens is 532 g/mol. The van der Waals surface area contributed by atoms with Gasteiger partial charge in [0.2, 0.25) is 0 Å². The SMILES string of the molecule is Cc1nc2c3ccccc3c(nc3nc(nc4c5ccccc5c(nc(=N)c5ccccc15)n4C)C1C=CC=CC31)n2C. The number of hydrogen-bond acceptors (Lipinski definition) is 6. The summed E-state index contributed by atoms with van der Waals surface area (Å²) >= 11 is 0. The maximum Gasteiger partial charge on any atom is 0.154 e. The van der Waals surface area contributed by atoms with Gasteiger partial charge in [-0.05, 0) is 6.92 Å². The average molecular weight is 561 g/mol. The quantitative estimate of drug-likeness (QED) is 0.230. The number of fused-ring (bicyclic) bond motifs is 16. The molecule has 2 unspecified atom stereocenters. The van der Waals surface area contributed by atoms with Gasteiger partial charge in [0.1, 0.15) is 34.2 Å². The Balaban J connectivity index is 1.64. The van der Waals surface area contributed by atoms with Crippen molar-refractivity contribution in [3.63, 3.8) is 0 Å².